The highest BCUT2D eigenvalue weighted by molar-refractivity contribution is 5.98. The number of carbonyl (C=O) groups is 2. The van der Waals surface area contributed by atoms with Gasteiger partial charge in [0.05, 0.1) is 0 Å². The maximum absolute atomic E-state index is 12.8. The van der Waals surface area contributed by atoms with Crippen LogP contribution in [0.1, 0.15) is 30.6 Å². The van der Waals surface area contributed by atoms with Gasteiger partial charge in [0.25, 0.3) is 11.8 Å². The van der Waals surface area contributed by atoms with E-state index in [0.29, 0.717) is 12.0 Å². The number of benzene rings is 2. The zero-order chi connectivity index (χ0) is 20.7. The van der Waals surface area contributed by atoms with Gasteiger partial charge in [-0.1, -0.05) is 56.3 Å². The van der Waals surface area contributed by atoms with Crippen LogP contribution >= 0.6 is 0 Å². The second-order valence-corrected chi connectivity index (χ2v) is 7.09. The molecule has 0 heterocycles. The number of rotatable bonds is 7. The van der Waals surface area contributed by atoms with Crippen LogP contribution in [-0.2, 0) is 4.79 Å². The Morgan fingerprint density at radius 3 is 2.29 bits per heavy atom. The molecule has 28 heavy (non-hydrogen) atoms. The van der Waals surface area contributed by atoms with Crippen molar-refractivity contribution in [2.24, 2.45) is 5.92 Å². The van der Waals surface area contributed by atoms with E-state index in [1.165, 1.54) is 19.1 Å². The maximum Gasteiger partial charge on any atom is 0.263 e. The molecule has 1 unspecified atom stereocenters. The first-order chi connectivity index (χ1) is 13.3. The fourth-order valence-electron chi connectivity index (χ4n) is 2.85. The zero-order valence-corrected chi connectivity index (χ0v) is 16.7. The second kappa shape index (κ2) is 9.56. The molecule has 0 spiro atoms. The molecule has 0 bridgehead atoms. The number of nitrogens with zero attached hydrogens (tertiary/aromatic N) is 3. The van der Waals surface area contributed by atoms with E-state index in [4.69, 9.17) is 5.26 Å². The number of nitrogens with one attached hydrogen (secondary N) is 1. The van der Waals surface area contributed by atoms with E-state index in [9.17, 15) is 9.59 Å². The quantitative estimate of drug-likeness (QED) is 0.456. The highest BCUT2D eigenvalue weighted by Crippen LogP contribution is 2.20. The number of nitriles is 1. The van der Waals surface area contributed by atoms with Crippen LogP contribution in [-0.4, -0.2) is 42.0 Å². The Balaban J connectivity index is 2.22. The standard InChI is InChI=1S/C22H26N4O2/c1-16(2)13-20(22(28)26(4)25(3)15-23)24-21(27)19-12-8-11-18(14-19)17-9-6-5-7-10-17/h5-12,14,16,20H,13H2,1-4H3,(H,24,27). The molecular weight excluding hydrogens is 352 g/mol. The van der Waals surface area contributed by atoms with Crippen molar-refractivity contribution in [3.05, 3.63) is 60.2 Å². The molecule has 0 aromatic heterocycles. The summed E-state index contributed by atoms with van der Waals surface area (Å²) in [6, 6.07) is 16.4. The first-order valence-electron chi connectivity index (χ1n) is 9.20. The molecule has 2 rings (SSSR count). The van der Waals surface area contributed by atoms with Gasteiger partial charge >= 0.3 is 0 Å². The molecule has 1 N–H and O–H groups in total. The van der Waals surface area contributed by atoms with Gasteiger partial charge in [-0.05, 0) is 35.6 Å². The average Bonchev–Trinajstić information content (AvgIpc) is 2.71. The smallest absolute Gasteiger partial charge is 0.263 e. The molecule has 0 aliphatic carbocycles. The van der Waals surface area contributed by atoms with Crippen LogP contribution in [0.15, 0.2) is 54.6 Å². The number of hydrogen-bond donors (Lipinski definition) is 1. The molecule has 1 atom stereocenters. The SMILES string of the molecule is CC(C)CC(NC(=O)c1cccc(-c2ccccc2)c1)C(=O)N(C)N(C)C#N. The molecular formula is C22H26N4O2. The van der Waals surface area contributed by atoms with Crippen molar-refractivity contribution < 1.29 is 9.59 Å². The fraction of sp³-hybridized carbons (Fsp3) is 0.318. The molecule has 0 fully saturated rings. The van der Waals surface area contributed by atoms with Crippen LogP contribution in [0.2, 0.25) is 0 Å². The third kappa shape index (κ3) is 5.34. The third-order valence-electron chi connectivity index (χ3n) is 4.46. The van der Waals surface area contributed by atoms with Gasteiger partial charge in [0.1, 0.15) is 6.04 Å². The molecule has 6 heteroatoms. The molecule has 2 aromatic carbocycles. The van der Waals surface area contributed by atoms with E-state index in [0.717, 1.165) is 16.1 Å². The van der Waals surface area contributed by atoms with E-state index >= 15 is 0 Å². The number of hydrogen-bond acceptors (Lipinski definition) is 4. The number of amides is 2. The van der Waals surface area contributed by atoms with Crippen molar-refractivity contribution >= 4 is 11.8 Å². The van der Waals surface area contributed by atoms with Crippen LogP contribution in [0.4, 0.5) is 0 Å². The minimum atomic E-state index is -0.714. The van der Waals surface area contributed by atoms with E-state index in [-0.39, 0.29) is 17.7 Å². The Bertz CT molecular complexity index is 858. The third-order valence-corrected chi connectivity index (χ3v) is 4.46. The van der Waals surface area contributed by atoms with Crippen LogP contribution < -0.4 is 5.32 Å². The number of likely N-dealkylation sites (N-methyl/N-ethyl adjacent to an activating group) is 1. The van der Waals surface area contributed by atoms with Crippen LogP contribution in [0.5, 0.6) is 0 Å². The Kier molecular flexibility index (Phi) is 7.16. The summed E-state index contributed by atoms with van der Waals surface area (Å²) in [6.07, 6.45) is 2.37. The van der Waals surface area contributed by atoms with Crippen LogP contribution in [0.25, 0.3) is 11.1 Å². The lowest BCUT2D eigenvalue weighted by Gasteiger charge is -2.28. The summed E-state index contributed by atoms with van der Waals surface area (Å²) in [6.45, 7) is 3.97. The summed E-state index contributed by atoms with van der Waals surface area (Å²) in [5.74, 6) is -0.444. The Hall–Kier alpha value is -3.33. The van der Waals surface area contributed by atoms with Crippen molar-refractivity contribution in [2.45, 2.75) is 26.3 Å². The van der Waals surface area contributed by atoms with Gasteiger partial charge < -0.3 is 5.32 Å². The largest absolute Gasteiger partial charge is 0.340 e. The van der Waals surface area contributed by atoms with E-state index < -0.39 is 6.04 Å². The normalized spacial score (nSPS) is 11.4. The Morgan fingerprint density at radius 2 is 1.68 bits per heavy atom. The van der Waals surface area contributed by atoms with Crippen molar-refractivity contribution in [2.75, 3.05) is 14.1 Å². The number of carbonyl (C=O) groups excluding carboxylic acids is 2. The van der Waals surface area contributed by atoms with Gasteiger partial charge in [-0.2, -0.15) is 5.26 Å². The van der Waals surface area contributed by atoms with E-state index in [1.54, 1.807) is 6.07 Å². The molecule has 0 radical (unpaired) electrons. The molecule has 0 aliphatic rings. The topological polar surface area (TPSA) is 76.4 Å². The number of hydrazine groups is 1. The van der Waals surface area contributed by atoms with Gasteiger partial charge in [-0.25, -0.2) is 10.0 Å². The second-order valence-electron chi connectivity index (χ2n) is 7.09. The minimum absolute atomic E-state index is 0.200. The molecule has 0 saturated carbocycles. The summed E-state index contributed by atoms with van der Waals surface area (Å²) in [7, 11) is 3.01. The summed E-state index contributed by atoms with van der Waals surface area (Å²) < 4.78 is 0. The van der Waals surface area contributed by atoms with Gasteiger partial charge in [-0.3, -0.25) is 9.59 Å². The van der Waals surface area contributed by atoms with Crippen molar-refractivity contribution in [1.82, 2.24) is 15.3 Å². The van der Waals surface area contributed by atoms with Gasteiger partial charge in [0.2, 0.25) is 0 Å². The molecule has 2 aromatic rings. The summed E-state index contributed by atoms with van der Waals surface area (Å²) in [5, 5.41) is 14.2. The summed E-state index contributed by atoms with van der Waals surface area (Å²) >= 11 is 0. The summed E-state index contributed by atoms with van der Waals surface area (Å²) in [4.78, 5) is 25.6. The van der Waals surface area contributed by atoms with Crippen LogP contribution in [0.3, 0.4) is 0 Å². The highest BCUT2D eigenvalue weighted by Gasteiger charge is 2.27. The Labute approximate surface area is 166 Å². The van der Waals surface area contributed by atoms with Crippen molar-refractivity contribution in [3.63, 3.8) is 0 Å². The molecule has 2 amide bonds. The van der Waals surface area contributed by atoms with Crippen LogP contribution in [0, 0.1) is 17.4 Å². The maximum atomic E-state index is 12.8. The van der Waals surface area contributed by atoms with Crippen molar-refractivity contribution in [3.8, 4) is 17.3 Å². The zero-order valence-electron chi connectivity index (χ0n) is 16.7. The van der Waals surface area contributed by atoms with Crippen molar-refractivity contribution in [1.29, 1.82) is 5.26 Å². The highest BCUT2D eigenvalue weighted by atomic mass is 16.2. The fourth-order valence-corrected chi connectivity index (χ4v) is 2.85. The van der Waals surface area contributed by atoms with E-state index in [1.807, 2.05) is 68.6 Å². The molecule has 6 nitrogen and oxygen atoms in total. The lowest BCUT2D eigenvalue weighted by Crippen LogP contribution is -2.51. The lowest BCUT2D eigenvalue weighted by molar-refractivity contribution is -0.142. The molecule has 146 valence electrons. The Morgan fingerprint density at radius 1 is 1.04 bits per heavy atom. The molecule has 0 aliphatic heterocycles. The lowest BCUT2D eigenvalue weighted by atomic mass is 10.0. The first-order valence-corrected chi connectivity index (χ1v) is 9.20. The average molecular weight is 378 g/mol. The predicted octanol–water partition coefficient (Wildman–Crippen LogP) is 3.28. The van der Waals surface area contributed by atoms with Gasteiger partial charge in [0, 0.05) is 19.7 Å². The first kappa shape index (κ1) is 21.0. The predicted molar refractivity (Wildman–Crippen MR) is 109 cm³/mol. The van der Waals surface area contributed by atoms with Gasteiger partial charge in [-0.15, -0.1) is 0 Å². The minimum Gasteiger partial charge on any atom is -0.340 e. The molecule has 0 saturated heterocycles. The monoisotopic (exact) mass is 378 g/mol. The summed E-state index contributed by atoms with van der Waals surface area (Å²) in [5.41, 5.74) is 2.43. The van der Waals surface area contributed by atoms with E-state index in [2.05, 4.69) is 5.32 Å². The van der Waals surface area contributed by atoms with Gasteiger partial charge in [0.15, 0.2) is 6.19 Å².